The Labute approximate surface area is 111 Å². The van der Waals surface area contributed by atoms with Gasteiger partial charge in [0.15, 0.2) is 0 Å². The zero-order valence-electron chi connectivity index (χ0n) is 12.0. The predicted octanol–water partition coefficient (Wildman–Crippen LogP) is 2.40. The monoisotopic (exact) mass is 252 g/mol. The van der Waals surface area contributed by atoms with Gasteiger partial charge in [-0.05, 0) is 44.1 Å². The lowest BCUT2D eigenvalue weighted by Crippen LogP contribution is -2.50. The molecule has 0 radical (unpaired) electrons. The van der Waals surface area contributed by atoms with Gasteiger partial charge >= 0.3 is 0 Å². The van der Waals surface area contributed by atoms with Crippen LogP contribution in [0.25, 0.3) is 0 Å². The van der Waals surface area contributed by atoms with Gasteiger partial charge in [0.05, 0.1) is 0 Å². The van der Waals surface area contributed by atoms with Gasteiger partial charge in [0.2, 0.25) is 5.91 Å². The van der Waals surface area contributed by atoms with Crippen LogP contribution in [0.1, 0.15) is 52.4 Å². The lowest BCUT2D eigenvalue weighted by Gasteiger charge is -2.41. The number of nitrogens with two attached hydrogens (primary N) is 1. The lowest BCUT2D eigenvalue weighted by atomic mass is 9.80. The molecule has 2 fully saturated rings. The van der Waals surface area contributed by atoms with Gasteiger partial charge in [-0.1, -0.05) is 26.7 Å². The van der Waals surface area contributed by atoms with Gasteiger partial charge in [0.25, 0.3) is 0 Å². The van der Waals surface area contributed by atoms with Crippen molar-refractivity contribution in [2.24, 2.45) is 23.0 Å². The van der Waals surface area contributed by atoms with E-state index in [4.69, 9.17) is 5.73 Å². The fraction of sp³-hybridized carbons (Fsp3) is 0.933. The van der Waals surface area contributed by atoms with Gasteiger partial charge < -0.3 is 10.6 Å². The van der Waals surface area contributed by atoms with Gasteiger partial charge in [-0.3, -0.25) is 4.79 Å². The van der Waals surface area contributed by atoms with Crippen molar-refractivity contribution < 1.29 is 4.79 Å². The molecule has 104 valence electrons. The smallest absolute Gasteiger partial charge is 0.228 e. The molecule has 2 aliphatic rings. The maximum absolute atomic E-state index is 12.8. The summed E-state index contributed by atoms with van der Waals surface area (Å²) < 4.78 is 0. The molecule has 18 heavy (non-hydrogen) atoms. The molecule has 1 heterocycles. The molecule has 1 saturated carbocycles. The number of carbonyl (C=O) groups excluding carboxylic acids is 1. The van der Waals surface area contributed by atoms with E-state index >= 15 is 0 Å². The molecule has 2 unspecified atom stereocenters. The van der Waals surface area contributed by atoms with Crippen LogP contribution in [0, 0.1) is 17.3 Å². The molecule has 1 aliphatic heterocycles. The highest BCUT2D eigenvalue weighted by Gasteiger charge is 2.43. The minimum absolute atomic E-state index is 0.0280. The molecule has 1 saturated heterocycles. The van der Waals surface area contributed by atoms with E-state index in [1.54, 1.807) is 0 Å². The molecule has 0 aromatic carbocycles. The fourth-order valence-corrected chi connectivity index (χ4v) is 3.75. The van der Waals surface area contributed by atoms with E-state index in [9.17, 15) is 4.79 Å². The van der Waals surface area contributed by atoms with Gasteiger partial charge in [0.1, 0.15) is 0 Å². The van der Waals surface area contributed by atoms with Crippen LogP contribution in [-0.4, -0.2) is 30.4 Å². The first-order valence-electron chi connectivity index (χ1n) is 7.62. The van der Waals surface area contributed by atoms with Crippen molar-refractivity contribution >= 4 is 5.91 Å². The van der Waals surface area contributed by atoms with Gasteiger partial charge in [-0.15, -0.1) is 0 Å². The Hall–Kier alpha value is -0.570. The summed E-state index contributed by atoms with van der Waals surface area (Å²) in [5.74, 6) is 1.59. The van der Waals surface area contributed by atoms with Crippen molar-refractivity contribution in [2.45, 2.75) is 52.4 Å². The van der Waals surface area contributed by atoms with E-state index in [2.05, 4.69) is 18.7 Å². The average molecular weight is 252 g/mol. The summed E-state index contributed by atoms with van der Waals surface area (Å²) in [6.07, 6.45) is 6.77. The normalized spacial score (nSPS) is 31.6. The number of piperidine rings is 1. The van der Waals surface area contributed by atoms with Crippen LogP contribution in [0.2, 0.25) is 0 Å². The first-order chi connectivity index (χ1) is 8.63. The first kappa shape index (κ1) is 13.9. The molecule has 0 aromatic heterocycles. The molecule has 2 N–H and O–H groups in total. The van der Waals surface area contributed by atoms with Crippen molar-refractivity contribution in [3.63, 3.8) is 0 Å². The van der Waals surface area contributed by atoms with Crippen molar-refractivity contribution in [3.05, 3.63) is 0 Å². The number of amides is 1. The Morgan fingerprint density at radius 2 is 2.06 bits per heavy atom. The molecule has 2 rings (SSSR count). The molecule has 0 bridgehead atoms. The van der Waals surface area contributed by atoms with Gasteiger partial charge in [-0.25, -0.2) is 0 Å². The molecule has 2 atom stereocenters. The highest BCUT2D eigenvalue weighted by atomic mass is 16.2. The molecule has 3 nitrogen and oxygen atoms in total. The number of hydrogen-bond acceptors (Lipinski definition) is 2. The topological polar surface area (TPSA) is 46.3 Å². The summed E-state index contributed by atoms with van der Waals surface area (Å²) in [5.41, 5.74) is 5.81. The summed E-state index contributed by atoms with van der Waals surface area (Å²) in [5, 5.41) is 0. The third-order valence-corrected chi connectivity index (χ3v) is 5.40. The maximum Gasteiger partial charge on any atom is 0.228 e. The highest BCUT2D eigenvalue weighted by Crippen LogP contribution is 2.43. The van der Waals surface area contributed by atoms with Crippen molar-refractivity contribution in [3.8, 4) is 0 Å². The second-order valence-corrected chi connectivity index (χ2v) is 6.35. The predicted molar refractivity (Wildman–Crippen MR) is 74.1 cm³/mol. The SMILES string of the molecule is CCC1(C(=O)N2CCC(C)C(CN)C2)CCCC1. The summed E-state index contributed by atoms with van der Waals surface area (Å²) in [6.45, 7) is 6.99. The Morgan fingerprint density at radius 1 is 1.39 bits per heavy atom. The quantitative estimate of drug-likeness (QED) is 0.838. The zero-order chi connectivity index (χ0) is 13.2. The van der Waals surface area contributed by atoms with Gasteiger partial charge in [0, 0.05) is 18.5 Å². The number of hydrogen-bond donors (Lipinski definition) is 1. The summed E-state index contributed by atoms with van der Waals surface area (Å²) in [6, 6.07) is 0. The Balaban J connectivity index is 2.04. The van der Waals surface area contributed by atoms with E-state index in [0.29, 0.717) is 24.3 Å². The van der Waals surface area contributed by atoms with Crippen molar-refractivity contribution in [2.75, 3.05) is 19.6 Å². The molecule has 1 amide bonds. The molecule has 0 aromatic rings. The molecular formula is C15H28N2O. The van der Waals surface area contributed by atoms with Crippen LogP contribution in [0.15, 0.2) is 0 Å². The molecular weight excluding hydrogens is 224 g/mol. The van der Waals surface area contributed by atoms with E-state index in [1.165, 1.54) is 12.8 Å². The summed E-state index contributed by atoms with van der Waals surface area (Å²) >= 11 is 0. The largest absolute Gasteiger partial charge is 0.342 e. The minimum atomic E-state index is -0.0280. The zero-order valence-corrected chi connectivity index (χ0v) is 12.0. The number of carbonyl (C=O) groups is 1. The van der Waals surface area contributed by atoms with Crippen LogP contribution in [0.4, 0.5) is 0 Å². The van der Waals surface area contributed by atoms with E-state index in [-0.39, 0.29) is 5.41 Å². The van der Waals surface area contributed by atoms with E-state index in [0.717, 1.165) is 38.8 Å². The fourth-order valence-electron chi connectivity index (χ4n) is 3.75. The lowest BCUT2D eigenvalue weighted by molar-refractivity contribution is -0.144. The second kappa shape index (κ2) is 5.60. The minimum Gasteiger partial charge on any atom is -0.342 e. The van der Waals surface area contributed by atoms with Crippen molar-refractivity contribution in [1.82, 2.24) is 4.90 Å². The van der Waals surface area contributed by atoms with Crippen LogP contribution >= 0.6 is 0 Å². The Bertz CT molecular complexity index is 297. The number of nitrogens with zero attached hydrogens (tertiary/aromatic N) is 1. The number of likely N-dealkylation sites (tertiary alicyclic amines) is 1. The standard InChI is InChI=1S/C15H28N2O/c1-3-15(7-4-5-8-15)14(18)17-9-6-12(2)13(10-16)11-17/h12-13H,3-11,16H2,1-2H3. The first-order valence-corrected chi connectivity index (χ1v) is 7.62. The third kappa shape index (κ3) is 2.42. The van der Waals surface area contributed by atoms with Crippen LogP contribution in [0.3, 0.4) is 0 Å². The van der Waals surface area contributed by atoms with Crippen LogP contribution in [-0.2, 0) is 4.79 Å². The second-order valence-electron chi connectivity index (χ2n) is 6.35. The van der Waals surface area contributed by atoms with Gasteiger partial charge in [-0.2, -0.15) is 0 Å². The molecule has 3 heteroatoms. The molecule has 1 aliphatic carbocycles. The average Bonchev–Trinajstić information content (AvgIpc) is 2.88. The summed E-state index contributed by atoms with van der Waals surface area (Å²) in [4.78, 5) is 14.9. The summed E-state index contributed by atoms with van der Waals surface area (Å²) in [7, 11) is 0. The van der Waals surface area contributed by atoms with Crippen molar-refractivity contribution in [1.29, 1.82) is 0 Å². The van der Waals surface area contributed by atoms with E-state index < -0.39 is 0 Å². The highest BCUT2D eigenvalue weighted by molar-refractivity contribution is 5.83. The Kier molecular flexibility index (Phi) is 4.31. The number of rotatable bonds is 3. The van der Waals surface area contributed by atoms with E-state index in [1.807, 2.05) is 0 Å². The van der Waals surface area contributed by atoms with Crippen LogP contribution < -0.4 is 5.73 Å². The Morgan fingerprint density at radius 3 is 2.61 bits per heavy atom. The maximum atomic E-state index is 12.8. The van der Waals surface area contributed by atoms with Crippen LogP contribution in [0.5, 0.6) is 0 Å². The molecule has 0 spiro atoms. The third-order valence-electron chi connectivity index (χ3n) is 5.40.